The monoisotopic (exact) mass is 318 g/mol. The average Bonchev–Trinajstić information content (AvgIpc) is 3.21. The molecule has 4 aromatic rings. The molecule has 1 N–H and O–H groups in total. The van der Waals surface area contributed by atoms with E-state index in [1.54, 1.807) is 0 Å². The van der Waals surface area contributed by atoms with Crippen molar-refractivity contribution >= 4 is 11.5 Å². The number of hydrogen-bond acceptors (Lipinski definition) is 3. The smallest absolute Gasteiger partial charge is 0.338 e. The molecule has 0 aliphatic carbocycles. The molecular formula is C19H14N2O3. The van der Waals surface area contributed by atoms with Crippen LogP contribution < -0.4 is 0 Å². The van der Waals surface area contributed by atoms with Crippen LogP contribution >= 0.6 is 0 Å². The molecule has 5 heteroatoms. The van der Waals surface area contributed by atoms with Crippen molar-refractivity contribution in [1.82, 2.24) is 9.38 Å². The first-order valence-corrected chi connectivity index (χ1v) is 7.48. The second-order valence-corrected chi connectivity index (χ2v) is 5.67. The molecule has 0 unspecified atom stereocenters. The number of carboxylic acids is 1. The lowest BCUT2D eigenvalue weighted by Gasteiger charge is -2.04. The molecule has 0 amide bonds. The molecule has 0 radical (unpaired) electrons. The molecule has 24 heavy (non-hydrogen) atoms. The maximum Gasteiger partial charge on any atom is 0.338 e. The Labute approximate surface area is 137 Å². The summed E-state index contributed by atoms with van der Waals surface area (Å²) in [4.78, 5) is 15.5. The molecule has 118 valence electrons. The van der Waals surface area contributed by atoms with Gasteiger partial charge in [-0.1, -0.05) is 23.8 Å². The summed E-state index contributed by atoms with van der Waals surface area (Å²) in [5.74, 6) is 0.341. The van der Waals surface area contributed by atoms with Crippen molar-refractivity contribution in [2.75, 3.05) is 0 Å². The molecule has 3 aromatic heterocycles. The lowest BCUT2D eigenvalue weighted by Crippen LogP contribution is -1.92. The molecular weight excluding hydrogens is 304 g/mol. The minimum absolute atomic E-state index is 0.134. The summed E-state index contributed by atoms with van der Waals surface area (Å²) in [6.45, 7) is 2.04. The standard InChI is InChI=1S/C19H14N2O3/c1-12-3-2-4-13(7-12)18-20-9-16-6-5-14(10-21(16)18)17-8-15(11-24-17)19(22)23/h2-11H,1H3,(H,22,23). The van der Waals surface area contributed by atoms with Gasteiger partial charge in [0.05, 0.1) is 17.3 Å². The highest BCUT2D eigenvalue weighted by molar-refractivity contribution is 5.88. The number of fused-ring (bicyclic) bond motifs is 1. The minimum atomic E-state index is -1.01. The van der Waals surface area contributed by atoms with Gasteiger partial charge in [0, 0.05) is 17.3 Å². The zero-order valence-corrected chi connectivity index (χ0v) is 12.9. The van der Waals surface area contributed by atoms with Gasteiger partial charge in [-0.3, -0.25) is 4.40 Å². The lowest BCUT2D eigenvalue weighted by atomic mass is 10.1. The van der Waals surface area contributed by atoms with E-state index in [2.05, 4.69) is 11.1 Å². The van der Waals surface area contributed by atoms with Crippen LogP contribution in [0.25, 0.3) is 28.2 Å². The number of carboxylic acid groups (broad SMARTS) is 1. The van der Waals surface area contributed by atoms with Crippen LogP contribution in [0.5, 0.6) is 0 Å². The van der Waals surface area contributed by atoms with Crippen LogP contribution in [0, 0.1) is 6.92 Å². The quantitative estimate of drug-likeness (QED) is 0.612. The third-order valence-corrected chi connectivity index (χ3v) is 3.93. The van der Waals surface area contributed by atoms with Gasteiger partial charge in [0.25, 0.3) is 0 Å². The number of hydrogen-bond donors (Lipinski definition) is 1. The number of nitrogens with zero attached hydrogens (tertiary/aromatic N) is 2. The average molecular weight is 318 g/mol. The van der Waals surface area contributed by atoms with Crippen molar-refractivity contribution in [2.24, 2.45) is 0 Å². The van der Waals surface area contributed by atoms with E-state index in [4.69, 9.17) is 9.52 Å². The van der Waals surface area contributed by atoms with Gasteiger partial charge in [-0.05, 0) is 31.2 Å². The van der Waals surface area contributed by atoms with Crippen molar-refractivity contribution < 1.29 is 14.3 Å². The molecule has 4 rings (SSSR count). The van der Waals surface area contributed by atoms with Gasteiger partial charge >= 0.3 is 5.97 Å². The predicted molar refractivity (Wildman–Crippen MR) is 90.0 cm³/mol. The Balaban J connectivity index is 1.85. The topological polar surface area (TPSA) is 67.7 Å². The number of benzene rings is 1. The first kappa shape index (κ1) is 14.3. The summed E-state index contributed by atoms with van der Waals surface area (Å²) < 4.78 is 7.37. The third-order valence-electron chi connectivity index (χ3n) is 3.93. The molecule has 0 bridgehead atoms. The van der Waals surface area contributed by atoms with Gasteiger partial charge in [0.1, 0.15) is 17.8 Å². The fourth-order valence-electron chi connectivity index (χ4n) is 2.73. The van der Waals surface area contributed by atoms with Crippen LogP contribution in [0.3, 0.4) is 0 Å². The molecule has 1 aromatic carbocycles. The molecule has 0 saturated carbocycles. The van der Waals surface area contributed by atoms with Gasteiger partial charge in [0.2, 0.25) is 0 Å². The number of aromatic carboxylic acids is 1. The van der Waals surface area contributed by atoms with Crippen LogP contribution in [0.2, 0.25) is 0 Å². The molecule has 0 saturated heterocycles. The highest BCUT2D eigenvalue weighted by Gasteiger charge is 2.12. The Hall–Kier alpha value is -3.34. The van der Waals surface area contributed by atoms with Crippen molar-refractivity contribution in [1.29, 1.82) is 0 Å². The maximum atomic E-state index is 11.0. The highest BCUT2D eigenvalue weighted by Crippen LogP contribution is 2.26. The molecule has 5 nitrogen and oxygen atoms in total. The summed E-state index contributed by atoms with van der Waals surface area (Å²) in [6.07, 6.45) is 4.97. The zero-order valence-electron chi connectivity index (χ0n) is 12.9. The SMILES string of the molecule is Cc1cccc(-c2ncc3ccc(-c4cc(C(=O)O)co4)cn23)c1. The van der Waals surface area contributed by atoms with E-state index in [0.29, 0.717) is 5.76 Å². The normalized spacial score (nSPS) is 11.0. The first-order chi connectivity index (χ1) is 11.6. The van der Waals surface area contributed by atoms with Crippen molar-refractivity contribution in [3.8, 4) is 22.7 Å². The van der Waals surface area contributed by atoms with Crippen LogP contribution in [-0.4, -0.2) is 20.5 Å². The van der Waals surface area contributed by atoms with Crippen LogP contribution in [0.1, 0.15) is 15.9 Å². The highest BCUT2D eigenvalue weighted by atomic mass is 16.4. The first-order valence-electron chi connectivity index (χ1n) is 7.48. The van der Waals surface area contributed by atoms with E-state index in [-0.39, 0.29) is 5.56 Å². The second kappa shape index (κ2) is 5.38. The van der Waals surface area contributed by atoms with Crippen LogP contribution in [-0.2, 0) is 0 Å². The third kappa shape index (κ3) is 2.36. The van der Waals surface area contributed by atoms with Crippen molar-refractivity contribution in [3.63, 3.8) is 0 Å². The van der Waals surface area contributed by atoms with Crippen LogP contribution in [0.15, 0.2) is 65.5 Å². The summed E-state index contributed by atoms with van der Waals surface area (Å²) >= 11 is 0. The summed E-state index contributed by atoms with van der Waals surface area (Å²) in [5, 5.41) is 9.03. The molecule has 3 heterocycles. The summed E-state index contributed by atoms with van der Waals surface area (Å²) in [6, 6.07) is 13.5. The van der Waals surface area contributed by atoms with Crippen molar-refractivity contribution in [2.45, 2.75) is 6.92 Å². The van der Waals surface area contributed by atoms with E-state index in [1.807, 2.05) is 54.0 Å². The molecule has 0 aliphatic heterocycles. The van der Waals surface area contributed by atoms with E-state index >= 15 is 0 Å². The molecule has 0 aliphatic rings. The number of imidazole rings is 1. The van der Waals surface area contributed by atoms with Crippen molar-refractivity contribution in [3.05, 3.63) is 72.2 Å². The predicted octanol–water partition coefficient (Wildman–Crippen LogP) is 4.27. The largest absolute Gasteiger partial charge is 0.478 e. The van der Waals surface area contributed by atoms with E-state index in [1.165, 1.54) is 12.3 Å². The van der Waals surface area contributed by atoms with Gasteiger partial charge in [-0.2, -0.15) is 0 Å². The second-order valence-electron chi connectivity index (χ2n) is 5.67. The Bertz CT molecular complexity index is 1060. The summed E-state index contributed by atoms with van der Waals surface area (Å²) in [7, 11) is 0. The number of rotatable bonds is 3. The number of pyridine rings is 1. The molecule has 0 atom stereocenters. The Kier molecular flexibility index (Phi) is 3.20. The fraction of sp³-hybridized carbons (Fsp3) is 0.0526. The van der Waals surface area contributed by atoms with Crippen LogP contribution in [0.4, 0.5) is 0 Å². The molecule has 0 spiro atoms. The Morgan fingerprint density at radius 1 is 1.17 bits per heavy atom. The summed E-state index contributed by atoms with van der Waals surface area (Å²) in [5.41, 5.74) is 4.08. The zero-order chi connectivity index (χ0) is 16.7. The number of carbonyl (C=O) groups is 1. The fourth-order valence-corrected chi connectivity index (χ4v) is 2.73. The number of aryl methyl sites for hydroxylation is 1. The van der Waals surface area contributed by atoms with E-state index < -0.39 is 5.97 Å². The lowest BCUT2D eigenvalue weighted by molar-refractivity contribution is 0.0696. The molecule has 0 fully saturated rings. The number of aromatic nitrogens is 2. The number of furan rings is 1. The van der Waals surface area contributed by atoms with Gasteiger partial charge in [-0.15, -0.1) is 0 Å². The maximum absolute atomic E-state index is 11.0. The van der Waals surface area contributed by atoms with E-state index in [0.717, 1.165) is 28.0 Å². The van der Waals surface area contributed by atoms with Gasteiger partial charge in [0.15, 0.2) is 0 Å². The van der Waals surface area contributed by atoms with Gasteiger partial charge in [-0.25, -0.2) is 9.78 Å². The minimum Gasteiger partial charge on any atom is -0.478 e. The van der Waals surface area contributed by atoms with Gasteiger partial charge < -0.3 is 9.52 Å². The Morgan fingerprint density at radius 2 is 2.04 bits per heavy atom. The Morgan fingerprint density at radius 3 is 2.79 bits per heavy atom. The van der Waals surface area contributed by atoms with E-state index in [9.17, 15) is 4.79 Å².